The molecule has 1 aliphatic rings. The summed E-state index contributed by atoms with van der Waals surface area (Å²) in [4.78, 5) is 2.04. The van der Waals surface area contributed by atoms with E-state index in [1.165, 1.54) is 0 Å². The monoisotopic (exact) mass is 217 g/mol. The molecule has 4 heteroatoms. The summed E-state index contributed by atoms with van der Waals surface area (Å²) < 4.78 is 0. The number of nitrogens with zero attached hydrogens (tertiary/aromatic N) is 1. The van der Waals surface area contributed by atoms with Crippen LogP contribution in [0.4, 0.5) is 0 Å². The summed E-state index contributed by atoms with van der Waals surface area (Å²) in [5.41, 5.74) is -1.23. The lowest BCUT2D eigenvalue weighted by molar-refractivity contribution is -0.186. The highest BCUT2D eigenvalue weighted by molar-refractivity contribution is 5.01. The molecule has 0 saturated carbocycles. The summed E-state index contributed by atoms with van der Waals surface area (Å²) >= 11 is 0. The topological polar surface area (TPSA) is 63.9 Å². The van der Waals surface area contributed by atoms with Gasteiger partial charge in [0.2, 0.25) is 0 Å². The van der Waals surface area contributed by atoms with Crippen molar-refractivity contribution in [1.82, 2.24) is 4.90 Å². The third-order valence-corrected chi connectivity index (χ3v) is 3.58. The Morgan fingerprint density at radius 2 is 2.00 bits per heavy atom. The standard InChI is InChI=1S/C11H23NO3/c1-4-5-6-12-7-9(13)10(14)11(3,15)8(12)2/h8-10,13-15H,4-7H2,1-3H3/t8-,9+,10-,11+/m1/s1. The Morgan fingerprint density at radius 3 is 2.53 bits per heavy atom. The van der Waals surface area contributed by atoms with E-state index in [1.54, 1.807) is 6.92 Å². The van der Waals surface area contributed by atoms with Crippen LogP contribution < -0.4 is 0 Å². The summed E-state index contributed by atoms with van der Waals surface area (Å²) in [5, 5.41) is 29.4. The smallest absolute Gasteiger partial charge is 0.111 e. The maximum atomic E-state index is 10.1. The number of likely N-dealkylation sites (tertiary alicyclic amines) is 1. The lowest BCUT2D eigenvalue weighted by Gasteiger charge is -2.48. The van der Waals surface area contributed by atoms with E-state index in [4.69, 9.17) is 0 Å². The van der Waals surface area contributed by atoms with Gasteiger partial charge in [0.05, 0.1) is 6.10 Å². The molecule has 0 unspecified atom stereocenters. The summed E-state index contributed by atoms with van der Waals surface area (Å²) in [5.74, 6) is 0. The van der Waals surface area contributed by atoms with Crippen molar-refractivity contribution in [2.24, 2.45) is 0 Å². The van der Waals surface area contributed by atoms with E-state index in [2.05, 4.69) is 6.92 Å². The molecule has 1 fully saturated rings. The molecule has 1 saturated heterocycles. The van der Waals surface area contributed by atoms with Crippen molar-refractivity contribution < 1.29 is 15.3 Å². The third-order valence-electron chi connectivity index (χ3n) is 3.58. The van der Waals surface area contributed by atoms with Gasteiger partial charge in [0.15, 0.2) is 0 Å². The van der Waals surface area contributed by atoms with Crippen molar-refractivity contribution in [2.45, 2.75) is 57.5 Å². The number of hydrogen-bond acceptors (Lipinski definition) is 4. The van der Waals surface area contributed by atoms with Crippen LogP contribution in [0.1, 0.15) is 33.6 Å². The average molecular weight is 217 g/mol. The van der Waals surface area contributed by atoms with Gasteiger partial charge in [-0.2, -0.15) is 0 Å². The van der Waals surface area contributed by atoms with Gasteiger partial charge in [0.1, 0.15) is 11.7 Å². The first-order chi connectivity index (χ1) is 6.91. The Hall–Kier alpha value is -0.160. The Balaban J connectivity index is 2.68. The Kier molecular flexibility index (Phi) is 4.12. The molecule has 90 valence electrons. The molecule has 1 rings (SSSR count). The molecule has 0 aromatic heterocycles. The van der Waals surface area contributed by atoms with Crippen LogP contribution in [0.2, 0.25) is 0 Å². The summed E-state index contributed by atoms with van der Waals surface area (Å²) in [6, 6.07) is -0.123. The summed E-state index contributed by atoms with van der Waals surface area (Å²) in [6.07, 6.45) is 0.228. The number of aliphatic hydroxyl groups is 3. The van der Waals surface area contributed by atoms with Gasteiger partial charge >= 0.3 is 0 Å². The van der Waals surface area contributed by atoms with E-state index in [0.29, 0.717) is 6.54 Å². The number of β-amino-alcohol motifs (C(OH)–C–C–N with tert-alkyl or cyclic N) is 1. The number of unbranched alkanes of at least 4 members (excludes halogenated alkanes) is 1. The molecular formula is C11H23NO3. The van der Waals surface area contributed by atoms with Gasteiger partial charge in [-0.3, -0.25) is 4.90 Å². The van der Waals surface area contributed by atoms with Gasteiger partial charge in [0.25, 0.3) is 0 Å². The molecule has 1 heterocycles. The quantitative estimate of drug-likeness (QED) is 0.621. The van der Waals surface area contributed by atoms with E-state index in [-0.39, 0.29) is 6.04 Å². The Bertz CT molecular complexity index is 208. The third kappa shape index (κ3) is 2.50. The predicted molar refractivity (Wildman–Crippen MR) is 58.6 cm³/mol. The fourth-order valence-corrected chi connectivity index (χ4v) is 2.15. The van der Waals surface area contributed by atoms with Gasteiger partial charge in [-0.1, -0.05) is 13.3 Å². The van der Waals surface area contributed by atoms with E-state index in [9.17, 15) is 15.3 Å². The number of aliphatic hydroxyl groups excluding tert-OH is 2. The van der Waals surface area contributed by atoms with Crippen LogP contribution in [-0.2, 0) is 0 Å². The van der Waals surface area contributed by atoms with Crippen molar-refractivity contribution in [3.8, 4) is 0 Å². The van der Waals surface area contributed by atoms with Gasteiger partial charge < -0.3 is 15.3 Å². The fraction of sp³-hybridized carbons (Fsp3) is 1.00. The van der Waals surface area contributed by atoms with Crippen LogP contribution in [-0.4, -0.2) is 57.2 Å². The van der Waals surface area contributed by atoms with Gasteiger partial charge in [-0.25, -0.2) is 0 Å². The number of piperidine rings is 1. The van der Waals surface area contributed by atoms with Crippen molar-refractivity contribution in [1.29, 1.82) is 0 Å². The zero-order chi connectivity index (χ0) is 11.6. The highest BCUT2D eigenvalue weighted by Crippen LogP contribution is 2.28. The number of rotatable bonds is 3. The lowest BCUT2D eigenvalue weighted by atomic mass is 9.83. The van der Waals surface area contributed by atoms with Crippen LogP contribution in [0.3, 0.4) is 0 Å². The molecule has 0 spiro atoms. The number of hydrogen-bond donors (Lipinski definition) is 3. The van der Waals surface area contributed by atoms with Crippen LogP contribution in [0, 0.1) is 0 Å². The van der Waals surface area contributed by atoms with Crippen molar-refractivity contribution in [2.75, 3.05) is 13.1 Å². The maximum Gasteiger partial charge on any atom is 0.111 e. The normalized spacial score (nSPS) is 43.2. The van der Waals surface area contributed by atoms with Crippen LogP contribution in [0.15, 0.2) is 0 Å². The summed E-state index contributed by atoms with van der Waals surface area (Å²) in [7, 11) is 0. The maximum absolute atomic E-state index is 10.1. The van der Waals surface area contributed by atoms with E-state index in [1.807, 2.05) is 11.8 Å². The molecule has 0 amide bonds. The van der Waals surface area contributed by atoms with Crippen LogP contribution >= 0.6 is 0 Å². The molecule has 0 aliphatic carbocycles. The minimum Gasteiger partial charge on any atom is -0.389 e. The second kappa shape index (κ2) is 4.78. The minimum atomic E-state index is -1.23. The first-order valence-electron chi connectivity index (χ1n) is 5.73. The zero-order valence-electron chi connectivity index (χ0n) is 9.85. The van der Waals surface area contributed by atoms with Gasteiger partial charge in [-0.05, 0) is 26.8 Å². The first-order valence-corrected chi connectivity index (χ1v) is 5.73. The van der Waals surface area contributed by atoms with Gasteiger partial charge in [-0.15, -0.1) is 0 Å². The van der Waals surface area contributed by atoms with Crippen molar-refractivity contribution in [3.05, 3.63) is 0 Å². The molecule has 0 aromatic rings. The summed E-state index contributed by atoms with van der Waals surface area (Å²) in [6.45, 7) is 6.89. The lowest BCUT2D eigenvalue weighted by Crippen LogP contribution is -2.66. The van der Waals surface area contributed by atoms with E-state index < -0.39 is 17.8 Å². The molecule has 3 N–H and O–H groups in total. The van der Waals surface area contributed by atoms with Gasteiger partial charge in [0, 0.05) is 12.6 Å². The highest BCUT2D eigenvalue weighted by Gasteiger charge is 2.47. The van der Waals surface area contributed by atoms with Crippen LogP contribution in [0.25, 0.3) is 0 Å². The predicted octanol–water partition coefficient (Wildman–Crippen LogP) is -0.0366. The largest absolute Gasteiger partial charge is 0.389 e. The minimum absolute atomic E-state index is 0.123. The second-order valence-electron chi connectivity index (χ2n) is 4.76. The SMILES string of the molecule is CCCCN1C[C@H](O)[C@@H](O)[C@@](C)(O)[C@H]1C. The van der Waals surface area contributed by atoms with Crippen LogP contribution in [0.5, 0.6) is 0 Å². The highest BCUT2D eigenvalue weighted by atomic mass is 16.4. The zero-order valence-corrected chi connectivity index (χ0v) is 9.85. The van der Waals surface area contributed by atoms with Crippen molar-refractivity contribution >= 4 is 0 Å². The Labute approximate surface area is 91.5 Å². The molecule has 0 aromatic carbocycles. The molecule has 4 nitrogen and oxygen atoms in total. The molecule has 4 atom stereocenters. The molecule has 1 aliphatic heterocycles. The Morgan fingerprint density at radius 1 is 1.40 bits per heavy atom. The molecule has 15 heavy (non-hydrogen) atoms. The fourth-order valence-electron chi connectivity index (χ4n) is 2.15. The first kappa shape index (κ1) is 12.9. The second-order valence-corrected chi connectivity index (χ2v) is 4.76. The molecule has 0 radical (unpaired) electrons. The molecular weight excluding hydrogens is 194 g/mol. The van der Waals surface area contributed by atoms with Crippen molar-refractivity contribution in [3.63, 3.8) is 0 Å². The molecule has 0 bridgehead atoms. The average Bonchev–Trinajstić information content (AvgIpc) is 2.19. The van der Waals surface area contributed by atoms with E-state index >= 15 is 0 Å². The van der Waals surface area contributed by atoms with E-state index in [0.717, 1.165) is 19.4 Å².